The van der Waals surface area contributed by atoms with Gasteiger partial charge in [0.25, 0.3) is 0 Å². The van der Waals surface area contributed by atoms with E-state index in [0.717, 1.165) is 11.3 Å². The van der Waals surface area contributed by atoms with Crippen LogP contribution in [-0.4, -0.2) is 32.1 Å². The maximum absolute atomic E-state index is 10.2. The molecule has 0 aromatic heterocycles. The molecular weight excluding hydrogens is 236 g/mol. The Labute approximate surface area is 106 Å². The second-order valence-corrected chi connectivity index (χ2v) is 3.41. The summed E-state index contributed by atoms with van der Waals surface area (Å²) in [5.74, 6) is 1.39. The van der Waals surface area contributed by atoms with Crippen LogP contribution in [0.5, 0.6) is 5.75 Å². The van der Waals surface area contributed by atoms with Crippen LogP contribution in [0.4, 0.5) is 4.79 Å². The molecule has 1 aromatic carbocycles. The van der Waals surface area contributed by atoms with Crippen molar-refractivity contribution in [1.29, 1.82) is 0 Å². The minimum atomic E-state index is -1.27. The molecule has 0 radical (unpaired) electrons. The van der Waals surface area contributed by atoms with Crippen LogP contribution in [0.15, 0.2) is 30.3 Å². The molecule has 5 nitrogen and oxygen atoms in total. The van der Waals surface area contributed by atoms with E-state index in [1.165, 1.54) is 0 Å². The molecule has 0 amide bonds. The maximum Gasteiger partial charge on any atom is 0.505 e. The second kappa shape index (κ2) is 7.21. The van der Waals surface area contributed by atoms with Gasteiger partial charge < -0.3 is 19.3 Å². The molecule has 0 heterocycles. The molecule has 0 spiro atoms. The van der Waals surface area contributed by atoms with Crippen molar-refractivity contribution < 1.29 is 24.1 Å². The summed E-state index contributed by atoms with van der Waals surface area (Å²) in [5, 5.41) is 8.33. The van der Waals surface area contributed by atoms with Crippen molar-refractivity contribution in [2.45, 2.75) is 6.42 Å². The Morgan fingerprint density at radius 2 is 2.17 bits per heavy atom. The van der Waals surface area contributed by atoms with Crippen LogP contribution in [0.1, 0.15) is 12.0 Å². The lowest BCUT2D eigenvalue weighted by atomic mass is 10.1. The Morgan fingerprint density at radius 3 is 2.78 bits per heavy atom. The molecule has 1 aromatic rings. The highest BCUT2D eigenvalue weighted by Crippen LogP contribution is 2.20. The highest BCUT2D eigenvalue weighted by molar-refractivity contribution is 5.61. The number of rotatable bonds is 6. The van der Waals surface area contributed by atoms with Crippen molar-refractivity contribution in [1.82, 2.24) is 0 Å². The molecule has 0 atom stereocenters. The van der Waals surface area contributed by atoms with Gasteiger partial charge in [-0.1, -0.05) is 12.1 Å². The van der Waals surface area contributed by atoms with Crippen molar-refractivity contribution >= 4 is 11.9 Å². The van der Waals surface area contributed by atoms with Gasteiger partial charge in [0.15, 0.2) is 0 Å². The van der Waals surface area contributed by atoms with Crippen LogP contribution < -0.4 is 4.74 Å². The third-order valence-corrected chi connectivity index (χ3v) is 2.25. The molecule has 1 rings (SSSR count). The zero-order chi connectivity index (χ0) is 13.4. The van der Waals surface area contributed by atoms with E-state index in [1.54, 1.807) is 20.3 Å². The Bertz CT molecular complexity index is 425. The van der Waals surface area contributed by atoms with Crippen LogP contribution in [0.2, 0.25) is 0 Å². The van der Waals surface area contributed by atoms with Crippen LogP contribution in [0.25, 0.3) is 5.76 Å². The van der Waals surface area contributed by atoms with E-state index in [0.29, 0.717) is 12.2 Å². The average molecular weight is 252 g/mol. The summed E-state index contributed by atoms with van der Waals surface area (Å²) < 4.78 is 14.8. The second-order valence-electron chi connectivity index (χ2n) is 3.41. The minimum absolute atomic E-state index is 0.103. The monoisotopic (exact) mass is 252 g/mol. The number of hydrogen-bond acceptors (Lipinski definition) is 4. The Kier molecular flexibility index (Phi) is 5.57. The van der Waals surface area contributed by atoms with E-state index in [9.17, 15) is 4.79 Å². The molecule has 0 fully saturated rings. The van der Waals surface area contributed by atoms with Crippen LogP contribution >= 0.6 is 0 Å². The Balaban J connectivity index is 2.69. The number of methoxy groups -OCH3 is 2. The summed E-state index contributed by atoms with van der Waals surface area (Å²) in [5.41, 5.74) is 0.868. The lowest BCUT2D eigenvalue weighted by molar-refractivity contribution is 0.0932. The number of benzene rings is 1. The number of carbonyl (C=O) groups is 1. The summed E-state index contributed by atoms with van der Waals surface area (Å²) in [6.45, 7) is 0.103. The van der Waals surface area contributed by atoms with Gasteiger partial charge in [-0.05, 0) is 18.2 Å². The molecule has 0 aliphatic rings. The first kappa shape index (κ1) is 13.9. The van der Waals surface area contributed by atoms with E-state index in [2.05, 4.69) is 4.74 Å². The first-order chi connectivity index (χ1) is 8.67. The van der Waals surface area contributed by atoms with E-state index in [4.69, 9.17) is 14.6 Å². The summed E-state index contributed by atoms with van der Waals surface area (Å²) in [7, 11) is 3.15. The fourth-order valence-electron chi connectivity index (χ4n) is 1.43. The topological polar surface area (TPSA) is 65.0 Å². The van der Waals surface area contributed by atoms with Crippen LogP contribution in [-0.2, 0) is 9.47 Å². The molecule has 0 bridgehead atoms. The highest BCUT2D eigenvalue weighted by Gasteiger charge is 2.03. The number of hydrogen-bond donors (Lipinski definition) is 1. The van der Waals surface area contributed by atoms with E-state index >= 15 is 0 Å². The Morgan fingerprint density at radius 1 is 1.39 bits per heavy atom. The first-order valence-corrected chi connectivity index (χ1v) is 5.41. The van der Waals surface area contributed by atoms with Gasteiger partial charge in [-0.25, -0.2) is 4.79 Å². The van der Waals surface area contributed by atoms with E-state index in [-0.39, 0.29) is 6.61 Å². The van der Waals surface area contributed by atoms with Gasteiger partial charge in [0.1, 0.15) is 11.5 Å². The molecule has 0 aliphatic carbocycles. The molecule has 0 saturated heterocycles. The van der Waals surface area contributed by atoms with Crippen molar-refractivity contribution in [3.05, 3.63) is 35.9 Å². The van der Waals surface area contributed by atoms with Gasteiger partial charge in [0.2, 0.25) is 0 Å². The predicted octanol–water partition coefficient (Wildman–Crippen LogP) is 2.77. The quantitative estimate of drug-likeness (QED) is 0.479. The largest absolute Gasteiger partial charge is 0.505 e. The van der Waals surface area contributed by atoms with Crippen LogP contribution in [0, 0.1) is 0 Å². The molecule has 1 N–H and O–H groups in total. The fourth-order valence-corrected chi connectivity index (χ4v) is 1.43. The lowest BCUT2D eigenvalue weighted by Gasteiger charge is -2.08. The standard InChI is InChI=1S/C13H16O5/c1-16-11-6-3-5-10(9-11)12(17-2)7-4-8-18-13(14)15/h3,5-7,9H,4,8H2,1-2H3,(H,14,15). The molecular formula is C13H16O5. The van der Waals surface area contributed by atoms with E-state index < -0.39 is 6.16 Å². The zero-order valence-corrected chi connectivity index (χ0v) is 10.4. The first-order valence-electron chi connectivity index (χ1n) is 5.41. The van der Waals surface area contributed by atoms with E-state index in [1.807, 2.05) is 24.3 Å². The lowest BCUT2D eigenvalue weighted by Crippen LogP contribution is -2.01. The summed E-state index contributed by atoms with van der Waals surface area (Å²) >= 11 is 0. The minimum Gasteiger partial charge on any atom is -0.497 e. The molecule has 98 valence electrons. The number of ether oxygens (including phenoxy) is 3. The van der Waals surface area contributed by atoms with Gasteiger partial charge in [0.05, 0.1) is 20.8 Å². The fraction of sp³-hybridized carbons (Fsp3) is 0.308. The van der Waals surface area contributed by atoms with Gasteiger partial charge in [-0.3, -0.25) is 0 Å². The molecule has 0 unspecified atom stereocenters. The summed E-state index contributed by atoms with van der Waals surface area (Å²) in [4.78, 5) is 10.2. The smallest absolute Gasteiger partial charge is 0.497 e. The SMILES string of the molecule is COC(=CCCOC(=O)O)c1cccc(OC)c1. The number of carboxylic acid groups (broad SMARTS) is 1. The third kappa shape index (κ3) is 4.37. The molecule has 5 heteroatoms. The Hall–Kier alpha value is -2.17. The average Bonchev–Trinajstić information content (AvgIpc) is 2.38. The molecule has 18 heavy (non-hydrogen) atoms. The summed E-state index contributed by atoms with van der Waals surface area (Å²) in [6, 6.07) is 7.42. The van der Waals surface area contributed by atoms with Crippen molar-refractivity contribution in [2.75, 3.05) is 20.8 Å². The van der Waals surface area contributed by atoms with Crippen molar-refractivity contribution in [3.63, 3.8) is 0 Å². The third-order valence-electron chi connectivity index (χ3n) is 2.25. The predicted molar refractivity (Wildman–Crippen MR) is 66.6 cm³/mol. The zero-order valence-electron chi connectivity index (χ0n) is 10.4. The highest BCUT2D eigenvalue weighted by atomic mass is 16.7. The van der Waals surface area contributed by atoms with Crippen molar-refractivity contribution in [2.24, 2.45) is 0 Å². The van der Waals surface area contributed by atoms with Gasteiger partial charge in [-0.2, -0.15) is 0 Å². The van der Waals surface area contributed by atoms with Gasteiger partial charge in [0, 0.05) is 12.0 Å². The van der Waals surface area contributed by atoms with Crippen LogP contribution in [0.3, 0.4) is 0 Å². The maximum atomic E-state index is 10.2. The van der Waals surface area contributed by atoms with Crippen molar-refractivity contribution in [3.8, 4) is 5.75 Å². The van der Waals surface area contributed by atoms with Gasteiger partial charge >= 0.3 is 6.16 Å². The molecule has 0 saturated carbocycles. The molecule has 0 aliphatic heterocycles. The van der Waals surface area contributed by atoms with Gasteiger partial charge in [-0.15, -0.1) is 0 Å². The normalized spacial score (nSPS) is 10.9. The summed E-state index contributed by atoms with van der Waals surface area (Å²) in [6.07, 6.45) is 0.952.